The van der Waals surface area contributed by atoms with Crippen molar-refractivity contribution in [3.8, 4) is 11.1 Å². The van der Waals surface area contributed by atoms with Gasteiger partial charge in [0.15, 0.2) is 0 Å². The van der Waals surface area contributed by atoms with Gasteiger partial charge in [-0.2, -0.15) is 0 Å². The van der Waals surface area contributed by atoms with Crippen LogP contribution in [0.1, 0.15) is 32.4 Å². The van der Waals surface area contributed by atoms with E-state index in [0.29, 0.717) is 12.1 Å². The van der Waals surface area contributed by atoms with Gasteiger partial charge in [0.25, 0.3) is 0 Å². The van der Waals surface area contributed by atoms with Crippen LogP contribution >= 0.6 is 19.8 Å². The van der Waals surface area contributed by atoms with E-state index in [1.54, 1.807) is 6.07 Å². The molecular weight excluding hydrogens is 492 g/mol. The van der Waals surface area contributed by atoms with Crippen LogP contribution < -0.4 is 15.8 Å². The number of piperidine rings is 1. The third-order valence-corrected chi connectivity index (χ3v) is 12.8. The van der Waals surface area contributed by atoms with Gasteiger partial charge in [-0.3, -0.25) is 0 Å². The van der Waals surface area contributed by atoms with Crippen LogP contribution in [0.25, 0.3) is 23.4 Å². The molecule has 1 atom stereocenters. The number of pyridine rings is 1. The Balaban J connectivity index is 1.71. The van der Waals surface area contributed by atoms with E-state index >= 15 is 0 Å². The first kappa shape index (κ1) is 21.7. The number of hydrogen-bond donors (Lipinski definition) is 2. The molecule has 0 amide bonds. The van der Waals surface area contributed by atoms with E-state index in [9.17, 15) is 9.50 Å². The number of benzene rings is 1. The molecule has 2 aliphatic rings. The van der Waals surface area contributed by atoms with Crippen molar-refractivity contribution >= 4 is 32.1 Å². The quantitative estimate of drug-likeness (QED) is 0.468. The van der Waals surface area contributed by atoms with E-state index < -0.39 is 19.8 Å². The Labute approximate surface area is 185 Å². The van der Waals surface area contributed by atoms with Gasteiger partial charge in [0.1, 0.15) is 0 Å². The van der Waals surface area contributed by atoms with Crippen molar-refractivity contribution in [1.29, 1.82) is 0 Å². The van der Waals surface area contributed by atoms with Crippen molar-refractivity contribution in [2.45, 2.75) is 43.3 Å². The van der Waals surface area contributed by atoms with Gasteiger partial charge in [-0.15, -0.1) is 0 Å². The van der Waals surface area contributed by atoms with Crippen LogP contribution in [0.5, 0.6) is 0 Å². The molecule has 4 rings (SSSR count). The molecule has 30 heavy (non-hydrogen) atoms. The molecule has 0 saturated carbocycles. The molecular formula is C24H31FIN3O. The number of aromatic nitrogens is 1. The summed E-state index contributed by atoms with van der Waals surface area (Å²) in [6, 6.07) is 6.11. The van der Waals surface area contributed by atoms with Crippen LogP contribution in [0.15, 0.2) is 24.4 Å². The Morgan fingerprint density at radius 1 is 1.27 bits per heavy atom. The van der Waals surface area contributed by atoms with Crippen molar-refractivity contribution in [2.24, 2.45) is 0 Å². The number of aryl methyl sites for hydroxylation is 1. The second-order valence-electron chi connectivity index (χ2n) is 8.08. The van der Waals surface area contributed by atoms with Gasteiger partial charge >= 0.3 is 186 Å². The molecule has 1 unspecified atom stereocenters. The monoisotopic (exact) mass is 523 g/mol. The average Bonchev–Trinajstić information content (AvgIpc) is 2.77. The zero-order chi connectivity index (χ0) is 21.3. The average molecular weight is 523 g/mol. The van der Waals surface area contributed by atoms with Crippen molar-refractivity contribution in [3.05, 3.63) is 49.9 Å². The summed E-state index contributed by atoms with van der Waals surface area (Å²) < 4.78 is 16.6. The summed E-state index contributed by atoms with van der Waals surface area (Å²) in [5, 5.41) is 15.8. The van der Waals surface area contributed by atoms with E-state index in [0.717, 1.165) is 47.5 Å². The molecule has 0 aliphatic carbocycles. The van der Waals surface area contributed by atoms with Crippen LogP contribution in [-0.4, -0.2) is 49.7 Å². The summed E-state index contributed by atoms with van der Waals surface area (Å²) >= 11 is -1.47. The third-order valence-electron chi connectivity index (χ3n) is 6.20. The van der Waals surface area contributed by atoms with Crippen molar-refractivity contribution < 1.29 is 9.50 Å². The van der Waals surface area contributed by atoms with Crippen LogP contribution in [0.2, 0.25) is 0 Å². The Kier molecular flexibility index (Phi) is 6.75. The molecule has 1 aromatic carbocycles. The number of rotatable bonds is 5. The molecule has 1 aromatic heterocycles. The minimum absolute atomic E-state index is 0.219. The van der Waals surface area contributed by atoms with E-state index in [4.69, 9.17) is 0 Å². The number of hydrogen-bond acceptors (Lipinski definition) is 4. The number of nitrogens with zero attached hydrogens (tertiary/aromatic N) is 2. The fourth-order valence-corrected chi connectivity index (χ4v) is 9.91. The zero-order valence-corrected chi connectivity index (χ0v) is 20.1. The SMILES string of the molecule is CCc1ncc(-c2cc(I(C)C3CCN(C(C)O)CC3)c3c(c2)=CCNC=3)cc1F. The molecule has 1 saturated heterocycles. The molecule has 2 aliphatic heterocycles. The summed E-state index contributed by atoms with van der Waals surface area (Å²) in [5.74, 6) is -0.219. The third kappa shape index (κ3) is 4.41. The van der Waals surface area contributed by atoms with Gasteiger partial charge in [-0.25, -0.2) is 0 Å². The molecule has 0 spiro atoms. The van der Waals surface area contributed by atoms with Gasteiger partial charge in [-0.05, 0) is 0 Å². The van der Waals surface area contributed by atoms with E-state index in [1.807, 2.05) is 20.0 Å². The Hall–Kier alpha value is -1.51. The van der Waals surface area contributed by atoms with Gasteiger partial charge in [-0.1, -0.05) is 0 Å². The molecule has 2 aromatic rings. The molecule has 3 heterocycles. The maximum atomic E-state index is 14.4. The van der Waals surface area contributed by atoms with Crippen molar-refractivity contribution in [3.63, 3.8) is 0 Å². The fraction of sp³-hybridized carbons (Fsp3) is 0.458. The Morgan fingerprint density at radius 2 is 2.03 bits per heavy atom. The standard InChI is InChI=1S/C24H31FIN3O/c1-4-24-22(25)12-19(14-28-24)18-11-17-5-8-27-15-21(17)23(13-18)26(3)20-6-9-29(10-7-20)16(2)30/h5,11-16,20,27,30H,4,6-10H2,1-3H3. The van der Waals surface area contributed by atoms with Crippen LogP contribution in [0, 0.1) is 9.39 Å². The molecule has 0 radical (unpaired) electrons. The number of alkyl halides is 2. The van der Waals surface area contributed by atoms with Gasteiger partial charge in [0.05, 0.1) is 0 Å². The van der Waals surface area contributed by atoms with E-state index in [2.05, 4.69) is 44.5 Å². The first-order valence-corrected chi connectivity index (χ1v) is 15.2. The van der Waals surface area contributed by atoms with Gasteiger partial charge in [0.2, 0.25) is 0 Å². The second kappa shape index (κ2) is 9.32. The predicted octanol–water partition coefficient (Wildman–Crippen LogP) is 2.68. The number of nitrogens with one attached hydrogen (secondary N) is 1. The molecule has 4 nitrogen and oxygen atoms in total. The Bertz CT molecular complexity index is 1030. The molecule has 0 bridgehead atoms. The summed E-state index contributed by atoms with van der Waals surface area (Å²) in [4.78, 5) is 8.98. The summed E-state index contributed by atoms with van der Waals surface area (Å²) in [7, 11) is 0. The fourth-order valence-electron chi connectivity index (χ4n) is 4.32. The number of likely N-dealkylation sites (tertiary alicyclic amines) is 1. The van der Waals surface area contributed by atoms with Crippen LogP contribution in [-0.2, 0) is 6.42 Å². The van der Waals surface area contributed by atoms with Gasteiger partial charge < -0.3 is 0 Å². The zero-order valence-electron chi connectivity index (χ0n) is 18.0. The molecule has 2 N–H and O–H groups in total. The molecule has 1 fully saturated rings. The van der Waals surface area contributed by atoms with Gasteiger partial charge in [0, 0.05) is 0 Å². The number of halogens is 2. The molecule has 6 heteroatoms. The summed E-state index contributed by atoms with van der Waals surface area (Å²) in [6.45, 7) is 6.54. The van der Waals surface area contributed by atoms with Crippen molar-refractivity contribution in [1.82, 2.24) is 15.2 Å². The van der Waals surface area contributed by atoms with Crippen LogP contribution in [0.4, 0.5) is 4.39 Å². The normalized spacial score (nSPS) is 18.6. The predicted molar refractivity (Wildman–Crippen MR) is 130 cm³/mol. The maximum absolute atomic E-state index is 14.4. The molecule has 162 valence electrons. The minimum atomic E-state index is -1.47. The summed E-state index contributed by atoms with van der Waals surface area (Å²) in [6.07, 6.45) is 8.73. The van der Waals surface area contributed by atoms with E-state index in [-0.39, 0.29) is 12.0 Å². The second-order valence-corrected chi connectivity index (χ2v) is 14.0. The topological polar surface area (TPSA) is 48.4 Å². The Morgan fingerprint density at radius 3 is 2.70 bits per heavy atom. The first-order valence-electron chi connectivity index (χ1n) is 10.7. The first-order chi connectivity index (χ1) is 14.5. The number of aliphatic hydroxyl groups excluding tert-OH is 1. The number of fused-ring (bicyclic) bond motifs is 1. The number of aliphatic hydroxyl groups is 1. The summed E-state index contributed by atoms with van der Waals surface area (Å²) in [5.41, 5.74) is 2.44. The van der Waals surface area contributed by atoms with Crippen molar-refractivity contribution in [2.75, 3.05) is 24.6 Å². The van der Waals surface area contributed by atoms with Crippen LogP contribution in [0.3, 0.4) is 0 Å². The van der Waals surface area contributed by atoms with E-state index in [1.165, 1.54) is 14.0 Å².